The molecule has 0 radical (unpaired) electrons. The quantitative estimate of drug-likeness (QED) is 0.195. The number of carbonyl (C=O) groups is 1. The number of nitrogens with zero attached hydrogens (tertiary/aromatic N) is 3. The first kappa shape index (κ1) is 20.7. The van der Waals surface area contributed by atoms with E-state index in [4.69, 9.17) is 9.84 Å². The number of hydrogen-bond donors (Lipinski definition) is 1. The van der Waals surface area contributed by atoms with Gasteiger partial charge in [-0.1, -0.05) is 11.6 Å². The van der Waals surface area contributed by atoms with E-state index in [-0.39, 0.29) is 23.8 Å². The lowest BCUT2D eigenvalue weighted by Gasteiger charge is -2.30. The second kappa shape index (κ2) is 7.78. The SMILES string of the molecule is Cc1cc(C)c2c(c1)C=C(C(=O)OCON=[N+]([O-])N1CC(O)C1)[C@@H](C(F)(F)F)O2. The Morgan fingerprint density at radius 1 is 1.41 bits per heavy atom. The highest BCUT2D eigenvalue weighted by molar-refractivity contribution is 5.96. The molecular formula is C17H18F3N3O6. The molecule has 0 aromatic heterocycles. The van der Waals surface area contributed by atoms with Gasteiger partial charge in [-0.3, -0.25) is 0 Å². The van der Waals surface area contributed by atoms with Crippen molar-refractivity contribution in [1.82, 2.24) is 5.01 Å². The van der Waals surface area contributed by atoms with Crippen molar-refractivity contribution >= 4 is 12.0 Å². The molecule has 0 unspecified atom stereocenters. The first-order valence-electron chi connectivity index (χ1n) is 8.52. The molecule has 29 heavy (non-hydrogen) atoms. The number of aliphatic hydroxyl groups is 1. The van der Waals surface area contributed by atoms with Crippen LogP contribution in [0.3, 0.4) is 0 Å². The van der Waals surface area contributed by atoms with Crippen molar-refractivity contribution in [2.75, 3.05) is 19.9 Å². The standard InChI is InChI=1S/C17H18F3N3O6/c1-9-3-10(2)14-11(4-9)5-13(15(29-14)17(18,19)20)16(25)27-8-28-21-23(26)22-6-12(24)7-22/h3-5,12,15,24H,6-8H2,1-2H3/t15-/m0/s1. The Morgan fingerprint density at radius 3 is 2.72 bits per heavy atom. The summed E-state index contributed by atoms with van der Waals surface area (Å²) in [6.07, 6.45) is -6.93. The minimum atomic E-state index is -4.85. The van der Waals surface area contributed by atoms with Crippen LogP contribution in [-0.4, -0.2) is 59.3 Å². The van der Waals surface area contributed by atoms with Gasteiger partial charge in [0.2, 0.25) is 11.4 Å². The Kier molecular flexibility index (Phi) is 5.55. The van der Waals surface area contributed by atoms with Gasteiger partial charge in [0.1, 0.15) is 24.9 Å². The number of ether oxygens (including phenoxy) is 2. The summed E-state index contributed by atoms with van der Waals surface area (Å²) in [5.74, 6) is -1.27. The van der Waals surface area contributed by atoms with Gasteiger partial charge in [0.25, 0.3) is 6.79 Å². The Balaban J connectivity index is 1.71. The molecule has 0 amide bonds. The molecule has 0 bridgehead atoms. The van der Waals surface area contributed by atoms with Crippen LogP contribution in [0.1, 0.15) is 16.7 Å². The number of esters is 1. The van der Waals surface area contributed by atoms with Gasteiger partial charge in [-0.15, -0.1) is 5.01 Å². The highest BCUT2D eigenvalue weighted by atomic mass is 19.4. The van der Waals surface area contributed by atoms with Gasteiger partial charge in [-0.25, -0.2) is 4.79 Å². The molecule has 1 fully saturated rings. The van der Waals surface area contributed by atoms with Gasteiger partial charge in [0, 0.05) is 5.56 Å². The van der Waals surface area contributed by atoms with Gasteiger partial charge in [0.05, 0.1) is 10.5 Å². The molecule has 1 N–H and O–H groups in total. The number of hydrogen-bond acceptors (Lipinski definition) is 7. The Labute approximate surface area is 163 Å². The zero-order valence-corrected chi connectivity index (χ0v) is 15.5. The van der Waals surface area contributed by atoms with Crippen LogP contribution < -0.4 is 4.74 Å². The Hall–Kier alpha value is -3.02. The molecule has 2 aliphatic rings. The van der Waals surface area contributed by atoms with Crippen molar-refractivity contribution < 1.29 is 42.4 Å². The third-order valence-corrected chi connectivity index (χ3v) is 4.27. The summed E-state index contributed by atoms with van der Waals surface area (Å²) in [4.78, 5) is 16.7. The zero-order valence-electron chi connectivity index (χ0n) is 15.5. The molecule has 2 heterocycles. The average Bonchev–Trinajstić information content (AvgIpc) is 2.60. The first-order chi connectivity index (χ1) is 13.6. The van der Waals surface area contributed by atoms with Gasteiger partial charge in [0.15, 0.2) is 0 Å². The highest BCUT2D eigenvalue weighted by Gasteiger charge is 2.49. The van der Waals surface area contributed by atoms with Crippen molar-refractivity contribution in [3.63, 3.8) is 0 Å². The van der Waals surface area contributed by atoms with Gasteiger partial charge in [-0.05, 0) is 31.6 Å². The van der Waals surface area contributed by atoms with Crippen LogP contribution >= 0.6 is 0 Å². The van der Waals surface area contributed by atoms with Crippen LogP contribution in [0.15, 0.2) is 23.0 Å². The fraction of sp³-hybridized carbons (Fsp3) is 0.471. The van der Waals surface area contributed by atoms with E-state index in [2.05, 4.69) is 14.9 Å². The number of carbonyl (C=O) groups excluding carboxylic acids is 1. The van der Waals surface area contributed by atoms with Gasteiger partial charge in [-0.2, -0.15) is 13.2 Å². The van der Waals surface area contributed by atoms with Crippen LogP contribution in [-0.2, 0) is 14.4 Å². The number of β-amino-alcohol motifs (C(OH)–C–C–N with tert-alkyl or cyclic N) is 1. The summed E-state index contributed by atoms with van der Waals surface area (Å²) < 4.78 is 50.0. The van der Waals surface area contributed by atoms with E-state index in [0.29, 0.717) is 11.1 Å². The molecule has 1 atom stereocenters. The maximum absolute atomic E-state index is 13.4. The molecule has 0 spiro atoms. The molecule has 0 saturated carbocycles. The summed E-state index contributed by atoms with van der Waals surface area (Å²) in [6, 6.07) is 3.26. The van der Waals surface area contributed by atoms with Crippen LogP contribution in [0.5, 0.6) is 5.75 Å². The third-order valence-electron chi connectivity index (χ3n) is 4.27. The van der Waals surface area contributed by atoms with E-state index in [9.17, 15) is 23.2 Å². The fourth-order valence-corrected chi connectivity index (χ4v) is 2.95. The lowest BCUT2D eigenvalue weighted by atomic mass is 9.97. The maximum atomic E-state index is 13.4. The van der Waals surface area contributed by atoms with Crippen LogP contribution in [0.2, 0.25) is 0 Å². The van der Waals surface area contributed by atoms with E-state index in [1.807, 2.05) is 0 Å². The minimum Gasteiger partial charge on any atom is -0.569 e. The van der Waals surface area contributed by atoms with E-state index >= 15 is 0 Å². The Morgan fingerprint density at radius 2 is 2.10 bits per heavy atom. The maximum Gasteiger partial charge on any atom is 0.430 e. The number of hydrazine groups is 1. The molecule has 1 aromatic rings. The summed E-state index contributed by atoms with van der Waals surface area (Å²) in [6.45, 7) is 2.61. The average molecular weight is 417 g/mol. The molecule has 3 rings (SSSR count). The minimum absolute atomic E-state index is 0.0412. The van der Waals surface area contributed by atoms with E-state index in [1.54, 1.807) is 26.0 Å². The van der Waals surface area contributed by atoms with E-state index in [1.165, 1.54) is 0 Å². The highest BCUT2D eigenvalue weighted by Crippen LogP contribution is 2.39. The number of rotatable bonds is 5. The van der Waals surface area contributed by atoms with Crippen molar-refractivity contribution in [2.24, 2.45) is 5.28 Å². The van der Waals surface area contributed by atoms with E-state index < -0.39 is 36.7 Å². The third kappa shape index (κ3) is 4.53. The van der Waals surface area contributed by atoms with Gasteiger partial charge < -0.3 is 24.6 Å². The molecule has 12 heteroatoms. The summed E-state index contributed by atoms with van der Waals surface area (Å²) in [7, 11) is 0. The number of benzene rings is 1. The number of alkyl halides is 3. The molecular weight excluding hydrogens is 399 g/mol. The zero-order chi connectivity index (χ0) is 21.3. The lowest BCUT2D eigenvalue weighted by Crippen LogP contribution is -2.53. The first-order valence-corrected chi connectivity index (χ1v) is 8.52. The molecule has 1 saturated heterocycles. The lowest BCUT2D eigenvalue weighted by molar-refractivity contribution is -0.727. The van der Waals surface area contributed by atoms with Crippen molar-refractivity contribution in [3.05, 3.63) is 39.6 Å². The second-order valence-corrected chi connectivity index (χ2v) is 6.68. The molecule has 1 aromatic carbocycles. The predicted octanol–water partition coefficient (Wildman–Crippen LogP) is 2.00. The van der Waals surface area contributed by atoms with Crippen LogP contribution in [0.25, 0.3) is 6.08 Å². The molecule has 2 aliphatic heterocycles. The molecule has 0 aliphatic carbocycles. The number of halogens is 3. The number of aliphatic hydroxyl groups excluding tert-OH is 1. The molecule has 158 valence electrons. The Bertz CT molecular complexity index is 865. The summed E-state index contributed by atoms with van der Waals surface area (Å²) >= 11 is 0. The number of aryl methyl sites for hydroxylation is 2. The molecule has 9 nitrogen and oxygen atoms in total. The second-order valence-electron chi connectivity index (χ2n) is 6.68. The number of fused-ring (bicyclic) bond motifs is 1. The summed E-state index contributed by atoms with van der Waals surface area (Å²) in [5.41, 5.74) is 0.867. The largest absolute Gasteiger partial charge is 0.569 e. The van der Waals surface area contributed by atoms with Crippen LogP contribution in [0.4, 0.5) is 13.2 Å². The van der Waals surface area contributed by atoms with E-state index in [0.717, 1.165) is 16.6 Å². The fourth-order valence-electron chi connectivity index (χ4n) is 2.95. The normalized spacial score (nSPS) is 19.7. The predicted molar refractivity (Wildman–Crippen MR) is 90.0 cm³/mol. The monoisotopic (exact) mass is 417 g/mol. The van der Waals surface area contributed by atoms with Gasteiger partial charge >= 0.3 is 12.1 Å². The van der Waals surface area contributed by atoms with Crippen LogP contribution in [0, 0.1) is 19.1 Å². The van der Waals surface area contributed by atoms with Crippen molar-refractivity contribution in [2.45, 2.75) is 32.2 Å². The van der Waals surface area contributed by atoms with Crippen molar-refractivity contribution in [3.8, 4) is 5.75 Å². The summed E-state index contributed by atoms with van der Waals surface area (Å²) in [5, 5.41) is 24.7. The van der Waals surface area contributed by atoms with Crippen molar-refractivity contribution in [1.29, 1.82) is 0 Å². The topological polar surface area (TPSA) is 107 Å². The smallest absolute Gasteiger partial charge is 0.430 e.